The van der Waals surface area contributed by atoms with Crippen LogP contribution in [0, 0.1) is 0 Å². The molecule has 368 valence electrons. The maximum Gasteiger partial charge on any atom is 0.397 e. The number of aliphatic hydroxyl groups excluding tert-OH is 7. The van der Waals surface area contributed by atoms with E-state index >= 15 is 0 Å². The zero-order valence-corrected chi connectivity index (χ0v) is 34.7. The summed E-state index contributed by atoms with van der Waals surface area (Å²) in [6.45, 7) is 2.33. The van der Waals surface area contributed by atoms with E-state index in [1.54, 1.807) is 0 Å². The summed E-state index contributed by atoms with van der Waals surface area (Å²) in [5.74, 6) is -1.73. The molecule has 4 aliphatic rings. The summed E-state index contributed by atoms with van der Waals surface area (Å²) < 4.78 is 127. The number of rotatable bonds is 21. The third kappa shape index (κ3) is 13.9. The molecule has 31 nitrogen and oxygen atoms in total. The van der Waals surface area contributed by atoms with E-state index in [9.17, 15) is 76.3 Å². The van der Waals surface area contributed by atoms with Crippen LogP contribution in [0.5, 0.6) is 0 Å². The van der Waals surface area contributed by atoms with Crippen LogP contribution in [0.1, 0.15) is 13.8 Å². The van der Waals surface area contributed by atoms with Gasteiger partial charge < -0.3 is 93.7 Å². The second-order valence-corrected chi connectivity index (χ2v) is 16.2. The third-order valence-electron chi connectivity index (χ3n) is 9.51. The minimum atomic E-state index is -5.28. The molecule has 0 aromatic carbocycles. The highest BCUT2D eigenvalue weighted by molar-refractivity contribution is 7.81. The monoisotopic (exact) mass is 976 g/mol. The second-order valence-electron chi connectivity index (χ2n) is 14.0. The lowest BCUT2D eigenvalue weighted by molar-refractivity contribution is -0.396. The topological polar surface area (TPSA) is 453 Å². The Labute approximate surface area is 361 Å². The Bertz CT molecular complexity index is 1810. The number of hydrogen-bond donors (Lipinski definition) is 11. The van der Waals surface area contributed by atoms with Crippen molar-refractivity contribution in [3.05, 3.63) is 12.7 Å². The second kappa shape index (κ2) is 23.0. The molecule has 2 amide bonds. The van der Waals surface area contributed by atoms with E-state index in [2.05, 4.69) is 30.3 Å². The maximum atomic E-state index is 12.5. The number of carbonyl (C=O) groups excluding carboxylic acids is 4. The molecule has 4 saturated heterocycles. The van der Waals surface area contributed by atoms with Gasteiger partial charge in [-0.05, 0) is 0 Å². The predicted molar refractivity (Wildman–Crippen MR) is 192 cm³/mol. The van der Waals surface area contributed by atoms with Crippen LogP contribution in [0.15, 0.2) is 12.7 Å². The molecule has 33 heteroatoms. The van der Waals surface area contributed by atoms with Crippen LogP contribution in [-0.4, -0.2) is 229 Å². The van der Waals surface area contributed by atoms with Gasteiger partial charge in [-0.25, -0.2) is 8.37 Å². The predicted octanol–water partition coefficient (Wildman–Crippen LogP) is -8.32. The smallest absolute Gasteiger partial charge is 0.397 e. The Morgan fingerprint density at radius 2 is 0.969 bits per heavy atom. The van der Waals surface area contributed by atoms with Crippen LogP contribution in [0.4, 0.5) is 0 Å². The van der Waals surface area contributed by atoms with Gasteiger partial charge >= 0.3 is 20.8 Å². The van der Waals surface area contributed by atoms with Crippen molar-refractivity contribution in [2.75, 3.05) is 19.8 Å². The quantitative estimate of drug-likeness (QED) is 0.0289. The lowest BCUT2D eigenvalue weighted by atomic mass is 9.95. The highest BCUT2D eigenvalue weighted by Gasteiger charge is 2.57. The van der Waals surface area contributed by atoms with Crippen LogP contribution in [0.3, 0.4) is 0 Å². The molecule has 0 aliphatic carbocycles. The van der Waals surface area contributed by atoms with Crippen LogP contribution >= 0.6 is 0 Å². The van der Waals surface area contributed by atoms with Crippen molar-refractivity contribution in [1.29, 1.82) is 0 Å². The maximum absolute atomic E-state index is 12.5. The summed E-state index contributed by atoms with van der Waals surface area (Å²) in [7, 11) is -10.4. The largest absolute Gasteiger partial charge is 0.435 e. The van der Waals surface area contributed by atoms with Gasteiger partial charge in [0.05, 0.1) is 19.8 Å². The summed E-state index contributed by atoms with van der Waals surface area (Å²) in [5.41, 5.74) is 0. The first-order valence-electron chi connectivity index (χ1n) is 18.4. The van der Waals surface area contributed by atoms with Crippen molar-refractivity contribution in [1.82, 2.24) is 10.6 Å². The first-order valence-corrected chi connectivity index (χ1v) is 21.2. The van der Waals surface area contributed by atoms with Gasteiger partial charge in [0.2, 0.25) is 24.4 Å². The van der Waals surface area contributed by atoms with Gasteiger partial charge in [0.25, 0.3) is 12.9 Å². The molecule has 9 unspecified atom stereocenters. The van der Waals surface area contributed by atoms with E-state index < -0.39 is 169 Å². The molecule has 0 spiro atoms. The van der Waals surface area contributed by atoms with Gasteiger partial charge in [0.1, 0.15) is 79.2 Å². The van der Waals surface area contributed by atoms with E-state index in [1.165, 1.54) is 6.08 Å². The van der Waals surface area contributed by atoms with Gasteiger partial charge in [-0.3, -0.25) is 28.3 Å². The molecular weight excluding hydrogens is 928 g/mol. The minimum absolute atomic E-state index is 0.202. The van der Waals surface area contributed by atoms with Gasteiger partial charge in [-0.15, -0.1) is 6.58 Å². The first-order chi connectivity index (χ1) is 29.9. The molecule has 0 bridgehead atoms. The normalized spacial score (nSPS) is 40.7. The molecular formula is C31H48N2O29S2. The standard InChI is InChI=1S/C31H48N2O29S2/c1-4-5-51-26-14(32-10(2)36)23(16(38)12(56-26)6-54-63(45,46)47)58-30-22(44)19(41)25(31(62-30)53-9-35)60-27-15(33-11(3)37)24(17(39)13(57-27)7-55-64(48,49)50)59-29-21(43)18(40)20(42)28(61-29)52-8-34/h4,8-9,12-31,38-44H,1,5-7H2,2-3H3,(H,32,36)(H,33,37)(H,45,46,47)(H,48,49,50)/t12?,13?,14-,15-,16-,17-,18-,19+,20-,21?,22-,23+,24+,25?,26?,27?,28?,29+,30?,31?/m0/s1. The van der Waals surface area contributed by atoms with Crippen LogP contribution < -0.4 is 10.6 Å². The molecule has 64 heavy (non-hydrogen) atoms. The summed E-state index contributed by atoms with van der Waals surface area (Å²) in [4.78, 5) is 47.6. The number of ether oxygens (including phenoxy) is 10. The Morgan fingerprint density at radius 3 is 1.42 bits per heavy atom. The Morgan fingerprint density at radius 1 is 0.562 bits per heavy atom. The van der Waals surface area contributed by atoms with Gasteiger partial charge in [-0.2, -0.15) is 16.8 Å². The van der Waals surface area contributed by atoms with Crippen molar-refractivity contribution in [2.45, 2.75) is 137 Å². The lowest BCUT2D eigenvalue weighted by Crippen LogP contribution is -2.70. The highest BCUT2D eigenvalue weighted by atomic mass is 32.3. The third-order valence-corrected chi connectivity index (χ3v) is 10.4. The fraction of sp³-hybridized carbons (Fsp3) is 0.806. The number of carbonyl (C=O) groups is 4. The molecule has 4 rings (SSSR count). The molecule has 0 saturated carbocycles. The molecule has 4 fully saturated rings. The first kappa shape index (κ1) is 53.4. The molecule has 4 aliphatic heterocycles. The molecule has 0 aromatic heterocycles. The Balaban J connectivity index is 1.69. The van der Waals surface area contributed by atoms with E-state index in [4.69, 9.17) is 47.2 Å². The van der Waals surface area contributed by atoms with Gasteiger partial charge in [0.15, 0.2) is 31.3 Å². The molecule has 4 heterocycles. The number of hydrogen-bond acceptors (Lipinski definition) is 27. The van der Waals surface area contributed by atoms with Crippen molar-refractivity contribution in [3.63, 3.8) is 0 Å². The van der Waals surface area contributed by atoms with E-state index in [0.29, 0.717) is 0 Å². The molecule has 20 atom stereocenters. The molecule has 0 radical (unpaired) electrons. The lowest BCUT2D eigenvalue weighted by Gasteiger charge is -2.50. The number of amides is 2. The average Bonchev–Trinajstić information content (AvgIpc) is 3.20. The summed E-state index contributed by atoms with van der Waals surface area (Å²) >= 11 is 0. The van der Waals surface area contributed by atoms with Gasteiger partial charge in [-0.1, -0.05) is 6.08 Å². The van der Waals surface area contributed by atoms with E-state index in [-0.39, 0.29) is 19.6 Å². The zero-order valence-electron chi connectivity index (χ0n) is 33.1. The van der Waals surface area contributed by atoms with Crippen molar-refractivity contribution in [2.24, 2.45) is 0 Å². The Kier molecular flexibility index (Phi) is 19.2. The van der Waals surface area contributed by atoms with Crippen molar-refractivity contribution < 1.29 is 137 Å². The van der Waals surface area contributed by atoms with E-state index in [1.807, 2.05) is 0 Å². The number of nitrogens with one attached hydrogen (secondary N) is 2. The average molecular weight is 977 g/mol. The minimum Gasteiger partial charge on any atom is -0.435 e. The molecule has 11 N–H and O–H groups in total. The highest BCUT2D eigenvalue weighted by Crippen LogP contribution is 2.35. The number of aliphatic hydroxyl groups is 7. The summed E-state index contributed by atoms with van der Waals surface area (Å²) in [5, 5.41) is 81.4. The van der Waals surface area contributed by atoms with Crippen LogP contribution in [0.25, 0.3) is 0 Å². The van der Waals surface area contributed by atoms with Crippen molar-refractivity contribution in [3.8, 4) is 0 Å². The zero-order chi connectivity index (χ0) is 47.8. The fourth-order valence-electron chi connectivity index (χ4n) is 6.73. The van der Waals surface area contributed by atoms with E-state index in [0.717, 1.165) is 13.8 Å². The SMILES string of the molecule is C=CCOC1OC(COS(=O)(=O)O)[C@H](O)[C@H](OC2OC(OC=O)C(OC3OC(COS(=O)(=O)O)[C@H](O)[C@H](O[C@@H]4OC(OC=O)[C@@H](O)[C@H](O)C4O)[C@@H]3NC(C)=O)[C@H](O)[C@@H]2O)[C@@H]1NC(C)=O. The summed E-state index contributed by atoms with van der Waals surface area (Å²) in [6, 6.07) is -3.47. The van der Waals surface area contributed by atoms with Crippen molar-refractivity contribution >= 4 is 45.6 Å². The Hall–Kier alpha value is -3.24. The molecule has 0 aromatic rings. The van der Waals surface area contributed by atoms with Crippen LogP contribution in [-0.2, 0) is 95.7 Å². The summed E-state index contributed by atoms with van der Waals surface area (Å²) in [6.07, 6.45) is -36.4. The van der Waals surface area contributed by atoms with Gasteiger partial charge in [0, 0.05) is 13.8 Å². The van der Waals surface area contributed by atoms with Crippen LogP contribution in [0.2, 0.25) is 0 Å². The fourth-order valence-corrected chi connectivity index (χ4v) is 7.34.